The number of rotatable bonds is 0. The van der Waals surface area contributed by atoms with E-state index in [1.54, 1.807) is 0 Å². The van der Waals surface area contributed by atoms with Crippen molar-refractivity contribution in [1.82, 2.24) is 5.32 Å². The molecule has 2 saturated heterocycles. The molecule has 1 saturated carbocycles. The molecule has 1 spiro atoms. The third-order valence-corrected chi connectivity index (χ3v) is 5.59. The lowest BCUT2D eigenvalue weighted by atomic mass is 9.51. The first kappa shape index (κ1) is 12.4. The van der Waals surface area contributed by atoms with Gasteiger partial charge in [-0.3, -0.25) is 4.79 Å². The summed E-state index contributed by atoms with van der Waals surface area (Å²) in [5.74, 6) is 0.0692. The van der Waals surface area contributed by atoms with E-state index in [2.05, 4.69) is 26.1 Å². The number of fused-ring (bicyclic) bond motifs is 1. The zero-order valence-corrected chi connectivity index (χ0v) is 11.5. The molecule has 1 unspecified atom stereocenters. The van der Waals surface area contributed by atoms with Gasteiger partial charge in [-0.15, -0.1) is 0 Å². The van der Waals surface area contributed by atoms with Crippen molar-refractivity contribution in [3.8, 4) is 0 Å². The average molecular weight is 253 g/mol. The van der Waals surface area contributed by atoms with Crippen molar-refractivity contribution >= 4 is 5.91 Å². The van der Waals surface area contributed by atoms with Crippen LogP contribution in [0.25, 0.3) is 0 Å². The number of carbonyl (C=O) groups excluding carboxylic acids is 1. The van der Waals surface area contributed by atoms with Crippen molar-refractivity contribution in [3.63, 3.8) is 0 Å². The van der Waals surface area contributed by atoms with Gasteiger partial charge in [0.1, 0.15) is 0 Å². The number of carbonyl (C=O) groups is 1. The smallest absolute Gasteiger partial charge is 0.226 e. The quantitative estimate of drug-likeness (QED) is 0.714. The fraction of sp³-hybridized carbons (Fsp3) is 0.929. The second-order valence-corrected chi connectivity index (χ2v) is 6.69. The largest absolute Gasteiger partial charge is 0.356 e. The lowest BCUT2D eigenvalue weighted by molar-refractivity contribution is -0.282. The molecule has 1 N–H and O–H groups in total. The van der Waals surface area contributed by atoms with Crippen LogP contribution in [0.2, 0.25) is 0 Å². The van der Waals surface area contributed by atoms with Gasteiger partial charge < -0.3 is 14.8 Å². The number of amides is 1. The first-order valence-electron chi connectivity index (χ1n) is 6.99. The topological polar surface area (TPSA) is 47.6 Å². The molecule has 0 aromatic rings. The zero-order valence-electron chi connectivity index (χ0n) is 11.5. The summed E-state index contributed by atoms with van der Waals surface area (Å²) in [7, 11) is 0. The van der Waals surface area contributed by atoms with Crippen LogP contribution in [-0.2, 0) is 14.3 Å². The van der Waals surface area contributed by atoms with E-state index in [-0.39, 0.29) is 16.7 Å². The van der Waals surface area contributed by atoms with Crippen LogP contribution >= 0.6 is 0 Å². The SMILES string of the molecule is CC12CCC3(OCCO3)C(C)(C)[C@@H]1CCNC2=O. The van der Waals surface area contributed by atoms with Gasteiger partial charge >= 0.3 is 0 Å². The molecule has 3 aliphatic rings. The van der Waals surface area contributed by atoms with E-state index in [0.717, 1.165) is 25.8 Å². The Hall–Kier alpha value is -0.610. The van der Waals surface area contributed by atoms with Gasteiger partial charge in [0.15, 0.2) is 5.79 Å². The number of ether oxygens (including phenoxy) is 2. The minimum absolute atomic E-state index is 0.117. The van der Waals surface area contributed by atoms with Gasteiger partial charge in [-0.25, -0.2) is 0 Å². The van der Waals surface area contributed by atoms with Crippen LogP contribution in [0.3, 0.4) is 0 Å². The second kappa shape index (κ2) is 3.70. The standard InChI is InChI=1S/C14H23NO3/c1-12(2)10-4-7-15-11(16)13(10,3)5-6-14(12)17-8-9-18-14/h10H,4-9H2,1-3H3,(H,15,16)/t10-,13?/m0/s1. The Morgan fingerprint density at radius 1 is 1.17 bits per heavy atom. The molecule has 2 heterocycles. The van der Waals surface area contributed by atoms with Crippen molar-refractivity contribution in [1.29, 1.82) is 0 Å². The third-order valence-electron chi connectivity index (χ3n) is 5.59. The minimum Gasteiger partial charge on any atom is -0.356 e. The number of piperidine rings is 1. The summed E-state index contributed by atoms with van der Waals surface area (Å²) >= 11 is 0. The Bertz CT molecular complexity index is 373. The molecule has 102 valence electrons. The number of hydrogen-bond acceptors (Lipinski definition) is 3. The van der Waals surface area contributed by atoms with E-state index in [4.69, 9.17) is 9.47 Å². The molecule has 0 aromatic carbocycles. The van der Waals surface area contributed by atoms with Crippen LogP contribution in [-0.4, -0.2) is 31.5 Å². The van der Waals surface area contributed by atoms with Crippen LogP contribution < -0.4 is 5.32 Å². The molecular formula is C14H23NO3. The highest BCUT2D eigenvalue weighted by Gasteiger charge is 2.64. The van der Waals surface area contributed by atoms with Crippen LogP contribution in [0.5, 0.6) is 0 Å². The van der Waals surface area contributed by atoms with E-state index in [9.17, 15) is 4.79 Å². The van der Waals surface area contributed by atoms with Gasteiger partial charge in [0.05, 0.1) is 18.6 Å². The van der Waals surface area contributed by atoms with E-state index in [1.165, 1.54) is 0 Å². The van der Waals surface area contributed by atoms with Crippen molar-refractivity contribution < 1.29 is 14.3 Å². The molecule has 0 aromatic heterocycles. The van der Waals surface area contributed by atoms with E-state index in [0.29, 0.717) is 19.1 Å². The summed E-state index contributed by atoms with van der Waals surface area (Å²) in [6.45, 7) is 8.66. The Morgan fingerprint density at radius 3 is 2.50 bits per heavy atom. The highest BCUT2D eigenvalue weighted by Crippen LogP contribution is 2.60. The molecule has 1 aliphatic carbocycles. The van der Waals surface area contributed by atoms with Gasteiger partial charge in [-0.05, 0) is 18.8 Å². The normalized spacial score (nSPS) is 41.5. The second-order valence-electron chi connectivity index (χ2n) is 6.69. The monoisotopic (exact) mass is 253 g/mol. The minimum atomic E-state index is -0.463. The van der Waals surface area contributed by atoms with Crippen molar-refractivity contribution in [2.45, 2.75) is 45.8 Å². The van der Waals surface area contributed by atoms with Crippen molar-refractivity contribution in [3.05, 3.63) is 0 Å². The van der Waals surface area contributed by atoms with E-state index < -0.39 is 5.79 Å². The van der Waals surface area contributed by atoms with E-state index in [1.807, 2.05) is 0 Å². The third kappa shape index (κ3) is 1.36. The highest BCUT2D eigenvalue weighted by molar-refractivity contribution is 5.83. The van der Waals surface area contributed by atoms with Gasteiger partial charge in [0.25, 0.3) is 0 Å². The van der Waals surface area contributed by atoms with Crippen molar-refractivity contribution in [2.75, 3.05) is 19.8 Å². The predicted octanol–water partition coefficient (Wildman–Crippen LogP) is 1.69. The summed E-state index contributed by atoms with van der Waals surface area (Å²) < 4.78 is 11.9. The lowest BCUT2D eigenvalue weighted by Crippen LogP contribution is -2.64. The Balaban J connectivity index is 1.99. The van der Waals surface area contributed by atoms with Gasteiger partial charge in [0, 0.05) is 18.4 Å². The lowest BCUT2D eigenvalue weighted by Gasteiger charge is -2.58. The molecule has 4 nitrogen and oxygen atoms in total. The van der Waals surface area contributed by atoms with Crippen LogP contribution in [0.15, 0.2) is 0 Å². The first-order chi connectivity index (χ1) is 8.42. The maximum Gasteiger partial charge on any atom is 0.226 e. The van der Waals surface area contributed by atoms with Crippen molar-refractivity contribution in [2.24, 2.45) is 16.7 Å². The maximum absolute atomic E-state index is 12.2. The van der Waals surface area contributed by atoms with Crippen LogP contribution in [0.4, 0.5) is 0 Å². The summed E-state index contributed by atoms with van der Waals surface area (Å²) in [5, 5.41) is 3.02. The molecule has 4 heteroatoms. The zero-order chi connectivity index (χ0) is 13.0. The molecular weight excluding hydrogens is 230 g/mol. The Morgan fingerprint density at radius 2 is 1.83 bits per heavy atom. The fourth-order valence-electron chi connectivity index (χ4n) is 4.44. The number of hydrogen-bond donors (Lipinski definition) is 1. The molecule has 1 amide bonds. The molecule has 2 aliphatic heterocycles. The van der Waals surface area contributed by atoms with E-state index >= 15 is 0 Å². The van der Waals surface area contributed by atoms with Gasteiger partial charge in [-0.2, -0.15) is 0 Å². The Kier molecular flexibility index (Phi) is 2.55. The average Bonchev–Trinajstić information content (AvgIpc) is 2.79. The molecule has 2 atom stereocenters. The van der Waals surface area contributed by atoms with Crippen LogP contribution in [0, 0.1) is 16.7 Å². The molecule has 0 bridgehead atoms. The Labute approximate surface area is 108 Å². The summed E-state index contributed by atoms with van der Waals surface area (Å²) in [5.41, 5.74) is -0.378. The fourth-order valence-corrected chi connectivity index (χ4v) is 4.44. The predicted molar refractivity (Wildman–Crippen MR) is 66.9 cm³/mol. The summed E-state index contributed by atoms with van der Waals surface area (Å²) in [6.07, 6.45) is 2.69. The van der Waals surface area contributed by atoms with Crippen LogP contribution in [0.1, 0.15) is 40.0 Å². The van der Waals surface area contributed by atoms with Gasteiger partial charge in [0.2, 0.25) is 5.91 Å². The summed E-state index contributed by atoms with van der Waals surface area (Å²) in [4.78, 5) is 12.2. The summed E-state index contributed by atoms with van der Waals surface area (Å²) in [6, 6.07) is 0. The highest BCUT2D eigenvalue weighted by atomic mass is 16.7. The first-order valence-corrected chi connectivity index (χ1v) is 6.99. The molecule has 3 rings (SSSR count). The van der Waals surface area contributed by atoms with Gasteiger partial charge in [-0.1, -0.05) is 20.8 Å². The molecule has 18 heavy (non-hydrogen) atoms. The number of nitrogens with one attached hydrogen (secondary N) is 1. The maximum atomic E-state index is 12.2. The molecule has 0 radical (unpaired) electrons. The molecule has 3 fully saturated rings.